The first-order valence-corrected chi connectivity index (χ1v) is 16.6. The first-order valence-electron chi connectivity index (χ1n) is 12.3. The average Bonchev–Trinajstić information content (AvgIpc) is 3.43. The van der Waals surface area contributed by atoms with E-state index in [0.717, 1.165) is 23.7 Å². The van der Waals surface area contributed by atoms with E-state index in [1.54, 1.807) is 0 Å². The quantitative estimate of drug-likeness (QED) is 0.308. The second-order valence-corrected chi connectivity index (χ2v) is 15.1. The van der Waals surface area contributed by atoms with Crippen LogP contribution in [-0.2, 0) is 17.0 Å². The van der Waals surface area contributed by atoms with Gasteiger partial charge in [0.25, 0.3) is 0 Å². The Labute approximate surface area is 197 Å². The molecule has 0 heterocycles. The summed E-state index contributed by atoms with van der Waals surface area (Å²) in [5.41, 5.74) is 2.26. The van der Waals surface area contributed by atoms with E-state index >= 15 is 0 Å². The Kier molecular flexibility index (Phi) is 6.43. The normalized spacial score (nSPS) is 47.9. The van der Waals surface area contributed by atoms with Gasteiger partial charge in [-0.1, -0.05) is 73.6 Å². The van der Waals surface area contributed by atoms with Gasteiger partial charge in [0.2, 0.25) is 0 Å². The summed E-state index contributed by atoms with van der Waals surface area (Å²) >= 11 is -0.556. The molecule has 6 unspecified atom stereocenters. The predicted molar refractivity (Wildman–Crippen MR) is 122 cm³/mol. The monoisotopic (exact) mass is 472 g/mol. The SMILES string of the molecule is C1CCCC1.CC12CCC([C]3CC4C([C]31)C1CCC4(C)C1(C)C)C2(C)C.[Cl][Ti][Cl]. The minimum atomic E-state index is -0.556. The molecule has 0 aromatic heterocycles. The fourth-order valence-corrected chi connectivity index (χ4v) is 9.37. The molecule has 0 amide bonds. The minimum absolute atomic E-state index is 0.531. The van der Waals surface area contributed by atoms with Crippen LogP contribution in [0.25, 0.3) is 0 Å². The van der Waals surface area contributed by atoms with E-state index in [1.807, 2.05) is 11.8 Å². The van der Waals surface area contributed by atoms with Crippen LogP contribution < -0.4 is 0 Å². The van der Waals surface area contributed by atoms with Gasteiger partial charge in [-0.3, -0.25) is 0 Å². The van der Waals surface area contributed by atoms with Crippen LogP contribution in [0.15, 0.2) is 0 Å². The van der Waals surface area contributed by atoms with Crippen LogP contribution in [0, 0.1) is 57.2 Å². The Balaban J connectivity index is 0.000000218. The van der Waals surface area contributed by atoms with Gasteiger partial charge in [-0.05, 0) is 89.3 Å². The molecule has 4 bridgehead atoms. The molecule has 6 fully saturated rings. The summed E-state index contributed by atoms with van der Waals surface area (Å²) in [6, 6.07) is 0. The topological polar surface area (TPSA) is 0 Å². The summed E-state index contributed by atoms with van der Waals surface area (Å²) in [5, 5.41) is 0. The van der Waals surface area contributed by atoms with Crippen LogP contribution >= 0.6 is 18.6 Å². The van der Waals surface area contributed by atoms with Crippen molar-refractivity contribution in [2.75, 3.05) is 0 Å². The van der Waals surface area contributed by atoms with Crippen LogP contribution in [0.1, 0.15) is 106 Å². The maximum atomic E-state index is 4.89. The number of fused-ring (bicyclic) bond motifs is 11. The Hall–Kier alpha value is 1.29. The number of halogens is 2. The summed E-state index contributed by atoms with van der Waals surface area (Å²) in [4.78, 5) is 0. The molecule has 6 rings (SSSR count). The van der Waals surface area contributed by atoms with Crippen molar-refractivity contribution in [3.8, 4) is 0 Å². The van der Waals surface area contributed by atoms with Gasteiger partial charge in [0.05, 0.1) is 0 Å². The van der Waals surface area contributed by atoms with Gasteiger partial charge in [-0.2, -0.15) is 0 Å². The molecular formula is C26H42Cl2Ti. The van der Waals surface area contributed by atoms with Gasteiger partial charge >= 0.3 is 35.6 Å². The molecule has 6 saturated carbocycles. The first kappa shape index (κ1) is 23.5. The van der Waals surface area contributed by atoms with E-state index in [0.29, 0.717) is 21.7 Å². The van der Waals surface area contributed by atoms with Gasteiger partial charge in [0.15, 0.2) is 0 Å². The standard InChI is InChI=1S/C21H32.C5H10.2ClH.Ti/c1-18(2)13-7-10-21(18,6)17-12(13)11-15-16(17)14-8-9-20(15,5)19(14,3)4;1-2-4-5-3-1;;;/h13-16H,7-11H2,1-6H3;1-5H2;2*1H;/q;;;;+2/p-2. The van der Waals surface area contributed by atoms with Crippen molar-refractivity contribution in [1.82, 2.24) is 0 Å². The summed E-state index contributed by atoms with van der Waals surface area (Å²) in [5.74, 6) is 7.84. The number of rotatable bonds is 0. The van der Waals surface area contributed by atoms with E-state index in [2.05, 4.69) is 41.5 Å². The third kappa shape index (κ3) is 3.07. The molecule has 6 aliphatic rings. The van der Waals surface area contributed by atoms with E-state index in [1.165, 1.54) is 64.2 Å². The van der Waals surface area contributed by atoms with Gasteiger partial charge < -0.3 is 0 Å². The van der Waals surface area contributed by atoms with Crippen LogP contribution in [0.4, 0.5) is 0 Å². The zero-order valence-electron chi connectivity index (χ0n) is 19.6. The Morgan fingerprint density at radius 1 is 0.759 bits per heavy atom. The number of hydrogen-bond acceptors (Lipinski definition) is 0. The van der Waals surface area contributed by atoms with Crippen LogP contribution in [-0.4, -0.2) is 0 Å². The zero-order chi connectivity index (χ0) is 21.2. The van der Waals surface area contributed by atoms with Crippen molar-refractivity contribution in [2.24, 2.45) is 45.3 Å². The summed E-state index contributed by atoms with van der Waals surface area (Å²) in [6.45, 7) is 15.7. The van der Waals surface area contributed by atoms with Crippen LogP contribution in [0.5, 0.6) is 0 Å². The molecule has 0 aromatic carbocycles. The molecule has 2 radical (unpaired) electrons. The summed E-state index contributed by atoms with van der Waals surface area (Å²) in [6.07, 6.45) is 14.9. The Bertz CT molecular complexity index is 604. The molecule has 0 aromatic rings. The van der Waals surface area contributed by atoms with Crippen molar-refractivity contribution < 1.29 is 17.0 Å². The van der Waals surface area contributed by atoms with Crippen LogP contribution in [0.3, 0.4) is 0 Å². The maximum absolute atomic E-state index is 4.89. The molecule has 0 nitrogen and oxygen atoms in total. The molecule has 0 aliphatic heterocycles. The van der Waals surface area contributed by atoms with Crippen molar-refractivity contribution in [1.29, 1.82) is 0 Å². The first-order chi connectivity index (χ1) is 13.6. The molecule has 0 spiro atoms. The Morgan fingerprint density at radius 2 is 1.31 bits per heavy atom. The molecule has 29 heavy (non-hydrogen) atoms. The van der Waals surface area contributed by atoms with Gasteiger partial charge in [-0.15, -0.1) is 0 Å². The molecular weight excluding hydrogens is 431 g/mol. The number of hydrogen-bond donors (Lipinski definition) is 0. The molecule has 164 valence electrons. The predicted octanol–water partition coefficient (Wildman–Crippen LogP) is 9.01. The Morgan fingerprint density at radius 3 is 1.86 bits per heavy atom. The van der Waals surface area contributed by atoms with E-state index < -0.39 is 17.0 Å². The molecule has 6 aliphatic carbocycles. The average molecular weight is 473 g/mol. The van der Waals surface area contributed by atoms with E-state index in [4.69, 9.17) is 18.6 Å². The van der Waals surface area contributed by atoms with Gasteiger partial charge in [0.1, 0.15) is 0 Å². The van der Waals surface area contributed by atoms with Crippen molar-refractivity contribution >= 4 is 18.6 Å². The molecule has 0 saturated heterocycles. The molecule has 0 N–H and O–H groups in total. The fraction of sp³-hybridized carbons (Fsp3) is 0.923. The summed E-state index contributed by atoms with van der Waals surface area (Å²) < 4.78 is 0. The van der Waals surface area contributed by atoms with Crippen molar-refractivity contribution in [3.05, 3.63) is 11.8 Å². The van der Waals surface area contributed by atoms with E-state index in [9.17, 15) is 0 Å². The third-order valence-electron chi connectivity index (χ3n) is 11.7. The van der Waals surface area contributed by atoms with E-state index in [-0.39, 0.29) is 0 Å². The van der Waals surface area contributed by atoms with Gasteiger partial charge in [0, 0.05) is 0 Å². The van der Waals surface area contributed by atoms with Crippen molar-refractivity contribution in [3.63, 3.8) is 0 Å². The third-order valence-corrected chi connectivity index (χ3v) is 11.7. The second-order valence-electron chi connectivity index (χ2n) is 12.5. The zero-order valence-corrected chi connectivity index (χ0v) is 22.7. The molecule has 6 atom stereocenters. The fourth-order valence-electron chi connectivity index (χ4n) is 9.37. The summed E-state index contributed by atoms with van der Waals surface area (Å²) in [7, 11) is 9.78. The second kappa shape index (κ2) is 7.96. The molecule has 3 heteroatoms. The van der Waals surface area contributed by atoms with Gasteiger partial charge in [-0.25, -0.2) is 0 Å². The van der Waals surface area contributed by atoms with Crippen LogP contribution in [0.2, 0.25) is 0 Å². The van der Waals surface area contributed by atoms with Crippen molar-refractivity contribution in [2.45, 2.75) is 106 Å².